The van der Waals surface area contributed by atoms with Crippen molar-refractivity contribution in [2.75, 3.05) is 0 Å². The predicted octanol–water partition coefficient (Wildman–Crippen LogP) is 2.80. The third kappa shape index (κ3) is 1.97. The molecule has 1 nitrogen and oxygen atoms in total. The third-order valence-corrected chi connectivity index (χ3v) is 2.32. The topological polar surface area (TPSA) is 23.8 Å². The van der Waals surface area contributed by atoms with Crippen molar-refractivity contribution in [3.63, 3.8) is 0 Å². The van der Waals surface area contributed by atoms with Gasteiger partial charge in [-0.2, -0.15) is 5.26 Å². The standard InChI is InChI=1S/C10H13N/c1-2-9(8-11)10-6-4-3-5-7-10/h10H,1,3-7H2. The van der Waals surface area contributed by atoms with Gasteiger partial charge in [-0.15, -0.1) is 5.73 Å². The Morgan fingerprint density at radius 2 is 1.91 bits per heavy atom. The summed E-state index contributed by atoms with van der Waals surface area (Å²) in [6, 6.07) is 2.16. The maximum Gasteiger partial charge on any atom is 0.103 e. The predicted molar refractivity (Wildman–Crippen MR) is 44.8 cm³/mol. The van der Waals surface area contributed by atoms with E-state index in [2.05, 4.69) is 18.4 Å². The van der Waals surface area contributed by atoms with Gasteiger partial charge in [-0.3, -0.25) is 0 Å². The van der Waals surface area contributed by atoms with Crippen LogP contribution in [0.1, 0.15) is 32.1 Å². The van der Waals surface area contributed by atoms with E-state index in [-0.39, 0.29) is 0 Å². The lowest BCUT2D eigenvalue weighted by Crippen LogP contribution is -2.07. The van der Waals surface area contributed by atoms with Gasteiger partial charge in [-0.1, -0.05) is 25.8 Å². The Morgan fingerprint density at radius 1 is 1.27 bits per heavy atom. The molecule has 0 aromatic carbocycles. The normalized spacial score (nSPS) is 18.5. The minimum atomic E-state index is 0.464. The number of hydrogen-bond acceptors (Lipinski definition) is 1. The molecule has 58 valence electrons. The molecular weight excluding hydrogens is 134 g/mol. The van der Waals surface area contributed by atoms with Crippen LogP contribution in [0.5, 0.6) is 0 Å². The lowest BCUT2D eigenvalue weighted by molar-refractivity contribution is 0.410. The minimum Gasteiger partial charge on any atom is -0.192 e. The SMILES string of the molecule is C=C=C(C#N)C1CCCCC1. The fourth-order valence-corrected chi connectivity index (χ4v) is 1.67. The summed E-state index contributed by atoms with van der Waals surface area (Å²) in [6.45, 7) is 3.52. The molecule has 0 amide bonds. The zero-order valence-corrected chi connectivity index (χ0v) is 6.77. The molecule has 1 aliphatic rings. The minimum absolute atomic E-state index is 0.464. The van der Waals surface area contributed by atoms with E-state index >= 15 is 0 Å². The summed E-state index contributed by atoms with van der Waals surface area (Å²) in [5.74, 6) is 0.464. The van der Waals surface area contributed by atoms with Gasteiger partial charge in [-0.05, 0) is 12.8 Å². The van der Waals surface area contributed by atoms with Crippen molar-refractivity contribution in [1.29, 1.82) is 5.26 Å². The van der Waals surface area contributed by atoms with E-state index in [1.165, 1.54) is 19.3 Å². The van der Waals surface area contributed by atoms with Crippen LogP contribution >= 0.6 is 0 Å². The largest absolute Gasteiger partial charge is 0.192 e. The van der Waals surface area contributed by atoms with Gasteiger partial charge in [0.1, 0.15) is 6.07 Å². The van der Waals surface area contributed by atoms with Crippen molar-refractivity contribution in [2.45, 2.75) is 32.1 Å². The zero-order chi connectivity index (χ0) is 8.10. The molecule has 0 aliphatic heterocycles. The van der Waals surface area contributed by atoms with Crippen LogP contribution in [0, 0.1) is 17.2 Å². The van der Waals surface area contributed by atoms with Gasteiger partial charge in [0.2, 0.25) is 0 Å². The zero-order valence-electron chi connectivity index (χ0n) is 6.77. The molecular formula is C10H13N. The molecule has 1 aliphatic carbocycles. The van der Waals surface area contributed by atoms with E-state index in [0.29, 0.717) is 5.92 Å². The highest BCUT2D eigenvalue weighted by Crippen LogP contribution is 2.28. The first-order chi connectivity index (χ1) is 5.38. The van der Waals surface area contributed by atoms with Gasteiger partial charge < -0.3 is 0 Å². The highest BCUT2D eigenvalue weighted by Gasteiger charge is 2.16. The summed E-state index contributed by atoms with van der Waals surface area (Å²) in [4.78, 5) is 0. The van der Waals surface area contributed by atoms with Crippen LogP contribution in [0.4, 0.5) is 0 Å². The van der Waals surface area contributed by atoms with Crippen molar-refractivity contribution in [2.24, 2.45) is 5.92 Å². The second-order valence-corrected chi connectivity index (χ2v) is 3.04. The Hall–Kier alpha value is -0.990. The lowest BCUT2D eigenvalue weighted by atomic mass is 9.85. The average Bonchev–Trinajstić information content (AvgIpc) is 2.09. The first-order valence-corrected chi connectivity index (χ1v) is 4.18. The first-order valence-electron chi connectivity index (χ1n) is 4.18. The van der Waals surface area contributed by atoms with Gasteiger partial charge >= 0.3 is 0 Å². The summed E-state index contributed by atoms with van der Waals surface area (Å²) >= 11 is 0. The molecule has 0 unspecified atom stereocenters. The Bertz CT molecular complexity index is 210. The molecule has 11 heavy (non-hydrogen) atoms. The fraction of sp³-hybridized carbons (Fsp3) is 0.600. The van der Waals surface area contributed by atoms with Crippen LogP contribution in [0.15, 0.2) is 17.9 Å². The molecule has 0 N–H and O–H groups in total. The van der Waals surface area contributed by atoms with Crippen molar-refractivity contribution >= 4 is 0 Å². The molecule has 0 atom stereocenters. The van der Waals surface area contributed by atoms with Crippen LogP contribution in [0.25, 0.3) is 0 Å². The van der Waals surface area contributed by atoms with Crippen LogP contribution in [0.2, 0.25) is 0 Å². The summed E-state index contributed by atoms with van der Waals surface area (Å²) < 4.78 is 0. The summed E-state index contributed by atoms with van der Waals surface area (Å²) in [6.07, 6.45) is 6.16. The molecule has 1 heteroatoms. The van der Waals surface area contributed by atoms with Gasteiger partial charge in [-0.25, -0.2) is 0 Å². The maximum atomic E-state index is 8.69. The van der Waals surface area contributed by atoms with Gasteiger partial charge in [0.05, 0.1) is 5.57 Å². The monoisotopic (exact) mass is 147 g/mol. The van der Waals surface area contributed by atoms with Crippen molar-refractivity contribution in [3.8, 4) is 6.07 Å². The molecule has 1 saturated carbocycles. The van der Waals surface area contributed by atoms with Gasteiger partial charge in [0, 0.05) is 5.92 Å². The van der Waals surface area contributed by atoms with Gasteiger partial charge in [0.25, 0.3) is 0 Å². The highest BCUT2D eigenvalue weighted by atomic mass is 14.3. The van der Waals surface area contributed by atoms with Crippen molar-refractivity contribution in [1.82, 2.24) is 0 Å². The number of nitriles is 1. The smallest absolute Gasteiger partial charge is 0.103 e. The molecule has 0 aromatic heterocycles. The van der Waals surface area contributed by atoms with E-state index < -0.39 is 0 Å². The summed E-state index contributed by atoms with van der Waals surface area (Å²) in [5, 5.41) is 8.69. The molecule has 0 heterocycles. The van der Waals surface area contributed by atoms with Crippen molar-refractivity contribution in [3.05, 3.63) is 17.9 Å². The van der Waals surface area contributed by atoms with Gasteiger partial charge in [0.15, 0.2) is 0 Å². The van der Waals surface area contributed by atoms with E-state index in [4.69, 9.17) is 5.26 Å². The number of nitrogens with zero attached hydrogens (tertiary/aromatic N) is 1. The average molecular weight is 147 g/mol. The number of rotatable bonds is 1. The van der Waals surface area contributed by atoms with E-state index in [1.807, 2.05) is 0 Å². The quantitative estimate of drug-likeness (QED) is 0.413. The van der Waals surface area contributed by atoms with Crippen LogP contribution in [-0.4, -0.2) is 0 Å². The molecule has 0 bridgehead atoms. The van der Waals surface area contributed by atoms with E-state index in [0.717, 1.165) is 18.4 Å². The molecule has 1 fully saturated rings. The third-order valence-electron chi connectivity index (χ3n) is 2.32. The summed E-state index contributed by atoms with van der Waals surface area (Å²) in [5.41, 5.74) is 3.50. The Labute approximate surface area is 68.0 Å². The van der Waals surface area contributed by atoms with Crippen LogP contribution in [-0.2, 0) is 0 Å². The first kappa shape index (κ1) is 8.11. The number of hydrogen-bond donors (Lipinski definition) is 0. The maximum absolute atomic E-state index is 8.69. The molecule has 0 radical (unpaired) electrons. The Kier molecular flexibility index (Phi) is 2.95. The fourth-order valence-electron chi connectivity index (χ4n) is 1.67. The van der Waals surface area contributed by atoms with Crippen molar-refractivity contribution < 1.29 is 0 Å². The Balaban J connectivity index is 2.59. The molecule has 0 spiro atoms. The second kappa shape index (κ2) is 4.01. The van der Waals surface area contributed by atoms with Crippen LogP contribution in [0.3, 0.4) is 0 Å². The van der Waals surface area contributed by atoms with E-state index in [9.17, 15) is 0 Å². The second-order valence-electron chi connectivity index (χ2n) is 3.04. The number of allylic oxidation sites excluding steroid dienone is 1. The highest BCUT2D eigenvalue weighted by molar-refractivity contribution is 5.22. The van der Waals surface area contributed by atoms with E-state index in [1.54, 1.807) is 0 Å². The molecule has 0 saturated heterocycles. The molecule has 0 aromatic rings. The van der Waals surface area contributed by atoms with Crippen LogP contribution < -0.4 is 0 Å². The lowest BCUT2D eigenvalue weighted by Gasteiger charge is -2.19. The Morgan fingerprint density at radius 3 is 2.36 bits per heavy atom. The molecule has 1 rings (SSSR count). The summed E-state index contributed by atoms with van der Waals surface area (Å²) in [7, 11) is 0.